The van der Waals surface area contributed by atoms with Gasteiger partial charge in [-0.2, -0.15) is 0 Å². The molecule has 0 N–H and O–H groups in total. The van der Waals surface area contributed by atoms with E-state index < -0.39 is 17.5 Å². The fourth-order valence-electron chi connectivity index (χ4n) is 3.14. The van der Waals surface area contributed by atoms with E-state index in [0.717, 1.165) is 31.1 Å². The van der Waals surface area contributed by atoms with Crippen LogP contribution in [0.3, 0.4) is 0 Å². The van der Waals surface area contributed by atoms with Crippen molar-refractivity contribution in [1.29, 1.82) is 0 Å². The first-order valence-electron chi connectivity index (χ1n) is 8.52. The molecule has 0 bridgehead atoms. The second kappa shape index (κ2) is 8.23. The summed E-state index contributed by atoms with van der Waals surface area (Å²) in [6, 6.07) is 6.16. The van der Waals surface area contributed by atoms with E-state index in [9.17, 15) is 13.6 Å². The first-order chi connectivity index (χ1) is 12.6. The Morgan fingerprint density at radius 2 is 1.88 bits per heavy atom. The summed E-state index contributed by atoms with van der Waals surface area (Å²) in [5, 5.41) is 0. The molecule has 138 valence electrons. The molecule has 0 aliphatic carbocycles. The second-order valence-corrected chi connectivity index (χ2v) is 6.22. The van der Waals surface area contributed by atoms with E-state index >= 15 is 0 Å². The van der Waals surface area contributed by atoms with E-state index in [4.69, 9.17) is 4.74 Å². The monoisotopic (exact) mass is 361 g/mol. The van der Waals surface area contributed by atoms with Crippen LogP contribution in [-0.4, -0.2) is 54.0 Å². The van der Waals surface area contributed by atoms with Crippen molar-refractivity contribution in [3.05, 3.63) is 59.4 Å². The van der Waals surface area contributed by atoms with Gasteiger partial charge in [0.25, 0.3) is 5.91 Å². The molecule has 0 atom stereocenters. The molecule has 1 aliphatic rings. The minimum atomic E-state index is -1.16. The normalized spacial score (nSPS) is 15.6. The van der Waals surface area contributed by atoms with Crippen LogP contribution in [0.2, 0.25) is 0 Å². The molecule has 1 saturated heterocycles. The third-order valence-corrected chi connectivity index (χ3v) is 4.52. The molecular weight excluding hydrogens is 340 g/mol. The molecule has 3 rings (SSSR count). The number of hydrogen-bond donors (Lipinski definition) is 0. The number of ether oxygens (including phenoxy) is 1. The summed E-state index contributed by atoms with van der Waals surface area (Å²) in [6.45, 7) is 3.19. The van der Waals surface area contributed by atoms with E-state index in [2.05, 4.69) is 9.88 Å². The van der Waals surface area contributed by atoms with Gasteiger partial charge in [-0.05, 0) is 36.2 Å². The summed E-state index contributed by atoms with van der Waals surface area (Å²) >= 11 is 0. The minimum absolute atomic E-state index is 0.0480. The Kier molecular flexibility index (Phi) is 5.78. The Hall–Kier alpha value is -2.54. The average molecular weight is 361 g/mol. The lowest BCUT2D eigenvalue weighted by Gasteiger charge is -2.23. The molecule has 0 saturated carbocycles. The molecule has 0 radical (unpaired) electrons. The van der Waals surface area contributed by atoms with Crippen molar-refractivity contribution in [2.75, 3.05) is 33.3 Å². The van der Waals surface area contributed by atoms with Crippen LogP contribution in [0.1, 0.15) is 22.3 Å². The van der Waals surface area contributed by atoms with Gasteiger partial charge in [0.15, 0.2) is 11.6 Å². The number of benzene rings is 1. The van der Waals surface area contributed by atoms with Crippen molar-refractivity contribution in [3.8, 4) is 5.75 Å². The molecule has 5 nitrogen and oxygen atoms in total. The molecule has 1 fully saturated rings. The van der Waals surface area contributed by atoms with Crippen LogP contribution >= 0.6 is 0 Å². The first-order valence-corrected chi connectivity index (χ1v) is 8.52. The third-order valence-electron chi connectivity index (χ3n) is 4.52. The molecular formula is C19H21F2N3O2. The maximum atomic E-state index is 14.2. The maximum Gasteiger partial charge on any atom is 0.260 e. The number of nitrogens with zero attached hydrogens (tertiary/aromatic N) is 3. The molecule has 2 aromatic rings. The van der Waals surface area contributed by atoms with Gasteiger partial charge in [-0.25, -0.2) is 8.78 Å². The van der Waals surface area contributed by atoms with Crippen molar-refractivity contribution in [2.24, 2.45) is 0 Å². The Bertz CT molecular complexity index is 771. The van der Waals surface area contributed by atoms with Crippen molar-refractivity contribution >= 4 is 5.91 Å². The SMILES string of the molecule is COc1ccc(F)c(F)c1C(=O)N1CCCN(Cc2ccncc2)CC1. The molecule has 0 spiro atoms. The highest BCUT2D eigenvalue weighted by atomic mass is 19.2. The number of aromatic nitrogens is 1. The Morgan fingerprint density at radius 1 is 1.12 bits per heavy atom. The molecule has 26 heavy (non-hydrogen) atoms. The van der Waals surface area contributed by atoms with E-state index in [0.29, 0.717) is 19.6 Å². The minimum Gasteiger partial charge on any atom is -0.496 e. The molecule has 0 unspecified atom stereocenters. The fraction of sp³-hybridized carbons (Fsp3) is 0.368. The molecule has 7 heteroatoms. The molecule has 1 amide bonds. The molecule has 1 aliphatic heterocycles. The van der Waals surface area contributed by atoms with Crippen LogP contribution in [0.15, 0.2) is 36.7 Å². The highest BCUT2D eigenvalue weighted by molar-refractivity contribution is 5.97. The zero-order valence-corrected chi connectivity index (χ0v) is 14.6. The summed E-state index contributed by atoms with van der Waals surface area (Å²) in [4.78, 5) is 20.6. The van der Waals surface area contributed by atoms with Crippen LogP contribution in [0, 0.1) is 11.6 Å². The summed E-state index contributed by atoms with van der Waals surface area (Å²) < 4.78 is 32.8. The van der Waals surface area contributed by atoms with Gasteiger partial charge in [0, 0.05) is 45.1 Å². The Morgan fingerprint density at radius 3 is 2.62 bits per heavy atom. The zero-order valence-electron chi connectivity index (χ0n) is 14.6. The summed E-state index contributed by atoms with van der Waals surface area (Å²) in [5.74, 6) is -2.70. The predicted octanol–water partition coefficient (Wildman–Crippen LogP) is 2.72. The van der Waals surface area contributed by atoms with Gasteiger partial charge in [0.2, 0.25) is 0 Å². The van der Waals surface area contributed by atoms with E-state index in [-0.39, 0.29) is 11.3 Å². The summed E-state index contributed by atoms with van der Waals surface area (Å²) in [5.41, 5.74) is 0.813. The summed E-state index contributed by atoms with van der Waals surface area (Å²) in [6.07, 6.45) is 4.26. The van der Waals surface area contributed by atoms with E-state index in [1.165, 1.54) is 13.2 Å². The van der Waals surface area contributed by atoms with Gasteiger partial charge < -0.3 is 9.64 Å². The van der Waals surface area contributed by atoms with Gasteiger partial charge in [-0.1, -0.05) is 0 Å². The lowest BCUT2D eigenvalue weighted by molar-refractivity contribution is 0.0751. The van der Waals surface area contributed by atoms with E-state index in [1.807, 2.05) is 12.1 Å². The van der Waals surface area contributed by atoms with Gasteiger partial charge >= 0.3 is 0 Å². The number of amides is 1. The van der Waals surface area contributed by atoms with Crippen LogP contribution in [0.5, 0.6) is 5.75 Å². The van der Waals surface area contributed by atoms with Crippen LogP contribution in [0.4, 0.5) is 8.78 Å². The quantitative estimate of drug-likeness (QED) is 0.840. The fourth-order valence-corrected chi connectivity index (χ4v) is 3.14. The van der Waals surface area contributed by atoms with Crippen molar-refractivity contribution in [3.63, 3.8) is 0 Å². The maximum absolute atomic E-state index is 14.2. The Labute approximate surface area is 151 Å². The number of halogens is 2. The number of pyridine rings is 1. The van der Waals surface area contributed by atoms with Crippen molar-refractivity contribution in [2.45, 2.75) is 13.0 Å². The molecule has 1 aromatic carbocycles. The highest BCUT2D eigenvalue weighted by Crippen LogP contribution is 2.25. The number of carbonyl (C=O) groups is 1. The average Bonchev–Trinajstić information content (AvgIpc) is 2.90. The molecule has 1 aromatic heterocycles. The number of methoxy groups -OCH3 is 1. The van der Waals surface area contributed by atoms with Gasteiger partial charge in [0.05, 0.1) is 7.11 Å². The third kappa shape index (κ3) is 3.99. The number of rotatable bonds is 4. The standard InChI is InChI=1S/C19H21F2N3O2/c1-26-16-4-3-15(20)18(21)17(16)19(25)24-10-2-9-23(11-12-24)13-14-5-7-22-8-6-14/h3-8H,2,9-13H2,1H3. The second-order valence-electron chi connectivity index (χ2n) is 6.22. The smallest absolute Gasteiger partial charge is 0.260 e. The lowest BCUT2D eigenvalue weighted by Crippen LogP contribution is -2.36. The highest BCUT2D eigenvalue weighted by Gasteiger charge is 2.27. The first kappa shape index (κ1) is 18.3. The van der Waals surface area contributed by atoms with Gasteiger partial charge in [-0.15, -0.1) is 0 Å². The van der Waals surface area contributed by atoms with Crippen LogP contribution in [-0.2, 0) is 6.54 Å². The Balaban J connectivity index is 1.71. The largest absolute Gasteiger partial charge is 0.496 e. The van der Waals surface area contributed by atoms with Crippen LogP contribution in [0.25, 0.3) is 0 Å². The van der Waals surface area contributed by atoms with Crippen molar-refractivity contribution < 1.29 is 18.3 Å². The van der Waals surface area contributed by atoms with Crippen LogP contribution < -0.4 is 4.74 Å². The zero-order chi connectivity index (χ0) is 18.5. The topological polar surface area (TPSA) is 45.7 Å². The van der Waals surface area contributed by atoms with E-state index in [1.54, 1.807) is 17.3 Å². The van der Waals surface area contributed by atoms with Gasteiger partial charge in [0.1, 0.15) is 11.3 Å². The predicted molar refractivity (Wildman–Crippen MR) is 92.9 cm³/mol. The number of carbonyl (C=O) groups excluding carboxylic acids is 1. The van der Waals surface area contributed by atoms with Gasteiger partial charge in [-0.3, -0.25) is 14.7 Å². The number of hydrogen-bond acceptors (Lipinski definition) is 4. The summed E-state index contributed by atoms with van der Waals surface area (Å²) in [7, 11) is 1.34. The van der Waals surface area contributed by atoms with Crippen molar-refractivity contribution in [1.82, 2.24) is 14.8 Å². The molecule has 2 heterocycles. The lowest BCUT2D eigenvalue weighted by atomic mass is 10.1.